The Bertz CT molecular complexity index is 260. The van der Waals surface area contributed by atoms with E-state index in [1.165, 1.54) is 11.1 Å². The maximum Gasteiger partial charge on any atom is 0.300 e. The Kier molecular flexibility index (Phi) is 6.41. The van der Waals surface area contributed by atoms with Gasteiger partial charge in [-0.25, -0.2) is 0 Å². The highest BCUT2D eigenvalue weighted by molar-refractivity contribution is 5.62. The molecule has 3 heteroatoms. The average molecular weight is 196 g/mol. The normalized spacial score (nSPS) is 8.79. The molecular weight excluding hydrogens is 180 g/mol. The summed E-state index contributed by atoms with van der Waals surface area (Å²) in [5, 5.41) is 16.0. The second-order valence-corrected chi connectivity index (χ2v) is 2.98. The molecule has 3 nitrogen and oxygen atoms in total. The van der Waals surface area contributed by atoms with E-state index in [0.717, 1.165) is 13.3 Å². The number of aliphatic hydroxyl groups is 1. The van der Waals surface area contributed by atoms with Gasteiger partial charge in [-0.15, -0.1) is 0 Å². The second-order valence-electron chi connectivity index (χ2n) is 2.98. The molecule has 0 atom stereocenters. The van der Waals surface area contributed by atoms with Gasteiger partial charge in [-0.2, -0.15) is 0 Å². The summed E-state index contributed by atoms with van der Waals surface area (Å²) in [7, 11) is 0. The van der Waals surface area contributed by atoms with Crippen LogP contribution in [0.2, 0.25) is 0 Å². The predicted molar refractivity (Wildman–Crippen MR) is 55.3 cm³/mol. The minimum absolute atomic E-state index is 0.239. The van der Waals surface area contributed by atoms with Crippen molar-refractivity contribution in [1.82, 2.24) is 0 Å². The smallest absolute Gasteiger partial charge is 0.300 e. The van der Waals surface area contributed by atoms with E-state index in [4.69, 9.17) is 15.0 Å². The van der Waals surface area contributed by atoms with Crippen LogP contribution in [-0.2, 0) is 11.2 Å². The van der Waals surface area contributed by atoms with Crippen LogP contribution in [0.1, 0.15) is 18.1 Å². The van der Waals surface area contributed by atoms with Gasteiger partial charge in [0, 0.05) is 13.5 Å². The first-order valence-electron chi connectivity index (χ1n) is 4.42. The largest absolute Gasteiger partial charge is 0.481 e. The molecule has 14 heavy (non-hydrogen) atoms. The van der Waals surface area contributed by atoms with Gasteiger partial charge >= 0.3 is 0 Å². The van der Waals surface area contributed by atoms with Gasteiger partial charge in [0.05, 0.1) is 0 Å². The molecule has 0 amide bonds. The van der Waals surface area contributed by atoms with E-state index in [-0.39, 0.29) is 6.61 Å². The molecule has 1 aromatic carbocycles. The third kappa shape index (κ3) is 7.31. The molecule has 0 aliphatic heterocycles. The Labute approximate surface area is 84.0 Å². The molecule has 0 bridgehead atoms. The van der Waals surface area contributed by atoms with Crippen LogP contribution in [-0.4, -0.2) is 22.8 Å². The van der Waals surface area contributed by atoms with E-state index in [9.17, 15) is 0 Å². The molecule has 1 aromatic rings. The van der Waals surface area contributed by atoms with Gasteiger partial charge in [-0.1, -0.05) is 29.8 Å². The van der Waals surface area contributed by atoms with Gasteiger partial charge < -0.3 is 10.2 Å². The number of aryl methyl sites for hydroxylation is 1. The Morgan fingerprint density at radius 3 is 2.07 bits per heavy atom. The van der Waals surface area contributed by atoms with Crippen LogP contribution in [0.3, 0.4) is 0 Å². The highest BCUT2D eigenvalue weighted by Gasteiger charge is 1.88. The van der Waals surface area contributed by atoms with Crippen molar-refractivity contribution in [2.75, 3.05) is 6.61 Å². The third-order valence-electron chi connectivity index (χ3n) is 1.52. The Morgan fingerprint density at radius 2 is 1.71 bits per heavy atom. The first-order chi connectivity index (χ1) is 6.56. The van der Waals surface area contributed by atoms with E-state index in [2.05, 4.69) is 19.1 Å². The van der Waals surface area contributed by atoms with Crippen LogP contribution < -0.4 is 0 Å². The Balaban J connectivity index is 0.000000364. The molecule has 0 heterocycles. The first-order valence-corrected chi connectivity index (χ1v) is 4.42. The molecule has 0 saturated heterocycles. The zero-order chi connectivity index (χ0) is 11.0. The summed E-state index contributed by atoms with van der Waals surface area (Å²) < 4.78 is 0. The molecule has 0 aliphatic carbocycles. The van der Waals surface area contributed by atoms with Crippen LogP contribution in [0.4, 0.5) is 0 Å². The zero-order valence-corrected chi connectivity index (χ0v) is 8.53. The lowest BCUT2D eigenvalue weighted by molar-refractivity contribution is -0.134. The standard InChI is InChI=1S/C9H12O.C2H4O2/c1-8-2-4-9(5-3-8)6-7-10;1-2(3)4/h2-5,10H,6-7H2,1H3;1H3,(H,3,4). The number of benzene rings is 1. The highest BCUT2D eigenvalue weighted by Crippen LogP contribution is 2.02. The topological polar surface area (TPSA) is 57.5 Å². The molecule has 0 aromatic heterocycles. The number of hydrogen-bond donors (Lipinski definition) is 2. The van der Waals surface area contributed by atoms with Gasteiger partial charge in [0.1, 0.15) is 0 Å². The molecule has 0 unspecified atom stereocenters. The van der Waals surface area contributed by atoms with Crippen molar-refractivity contribution in [3.05, 3.63) is 35.4 Å². The fraction of sp³-hybridized carbons (Fsp3) is 0.364. The lowest BCUT2D eigenvalue weighted by atomic mass is 10.1. The summed E-state index contributed by atoms with van der Waals surface area (Å²) in [6, 6.07) is 8.22. The van der Waals surface area contributed by atoms with Gasteiger partial charge in [0.25, 0.3) is 5.97 Å². The summed E-state index contributed by atoms with van der Waals surface area (Å²) in [4.78, 5) is 9.00. The number of carbonyl (C=O) groups is 1. The van der Waals surface area contributed by atoms with Crippen molar-refractivity contribution in [1.29, 1.82) is 0 Å². The Hall–Kier alpha value is -1.35. The van der Waals surface area contributed by atoms with E-state index < -0.39 is 5.97 Å². The van der Waals surface area contributed by atoms with E-state index >= 15 is 0 Å². The van der Waals surface area contributed by atoms with Crippen molar-refractivity contribution < 1.29 is 15.0 Å². The van der Waals surface area contributed by atoms with Crippen molar-refractivity contribution in [2.24, 2.45) is 0 Å². The van der Waals surface area contributed by atoms with Crippen LogP contribution in [0.5, 0.6) is 0 Å². The van der Waals surface area contributed by atoms with Crippen molar-refractivity contribution >= 4 is 5.97 Å². The molecule has 0 fully saturated rings. The van der Waals surface area contributed by atoms with Crippen LogP contribution in [0.15, 0.2) is 24.3 Å². The third-order valence-corrected chi connectivity index (χ3v) is 1.52. The quantitative estimate of drug-likeness (QED) is 0.755. The summed E-state index contributed by atoms with van der Waals surface area (Å²) in [5.74, 6) is -0.833. The minimum Gasteiger partial charge on any atom is -0.481 e. The molecular formula is C11H16O3. The SMILES string of the molecule is CC(=O)O.Cc1ccc(CCO)cc1. The van der Waals surface area contributed by atoms with Gasteiger partial charge in [-0.3, -0.25) is 4.79 Å². The average Bonchev–Trinajstić information content (AvgIpc) is 2.08. The van der Waals surface area contributed by atoms with Crippen molar-refractivity contribution in [3.63, 3.8) is 0 Å². The maximum absolute atomic E-state index is 9.00. The van der Waals surface area contributed by atoms with Crippen molar-refractivity contribution in [3.8, 4) is 0 Å². The molecule has 0 radical (unpaired) electrons. The van der Waals surface area contributed by atoms with E-state index in [1.807, 2.05) is 12.1 Å². The lowest BCUT2D eigenvalue weighted by Crippen LogP contribution is -1.89. The number of aliphatic hydroxyl groups excluding tert-OH is 1. The van der Waals surface area contributed by atoms with Gasteiger partial charge in [-0.05, 0) is 18.9 Å². The molecule has 2 N–H and O–H groups in total. The second kappa shape index (κ2) is 7.09. The molecule has 1 rings (SSSR count). The number of carboxylic acid groups (broad SMARTS) is 1. The van der Waals surface area contributed by atoms with Gasteiger partial charge in [0.15, 0.2) is 0 Å². The van der Waals surface area contributed by atoms with Crippen molar-refractivity contribution in [2.45, 2.75) is 20.3 Å². The van der Waals surface area contributed by atoms with Crippen LogP contribution >= 0.6 is 0 Å². The van der Waals surface area contributed by atoms with Crippen LogP contribution in [0.25, 0.3) is 0 Å². The zero-order valence-electron chi connectivity index (χ0n) is 8.53. The Morgan fingerprint density at radius 1 is 1.29 bits per heavy atom. The highest BCUT2D eigenvalue weighted by atomic mass is 16.4. The van der Waals surface area contributed by atoms with Crippen LogP contribution in [0, 0.1) is 6.92 Å². The fourth-order valence-corrected chi connectivity index (χ4v) is 0.884. The number of hydrogen-bond acceptors (Lipinski definition) is 2. The minimum atomic E-state index is -0.833. The van der Waals surface area contributed by atoms with Gasteiger partial charge in [0.2, 0.25) is 0 Å². The number of rotatable bonds is 2. The fourth-order valence-electron chi connectivity index (χ4n) is 0.884. The lowest BCUT2D eigenvalue weighted by Gasteiger charge is -1.96. The first kappa shape index (κ1) is 12.7. The van der Waals surface area contributed by atoms with E-state index in [0.29, 0.717) is 0 Å². The van der Waals surface area contributed by atoms with E-state index in [1.54, 1.807) is 0 Å². The number of aliphatic carboxylic acids is 1. The molecule has 0 aliphatic rings. The molecule has 78 valence electrons. The summed E-state index contributed by atoms with van der Waals surface area (Å²) in [6.45, 7) is 3.38. The monoisotopic (exact) mass is 196 g/mol. The molecule has 0 saturated carbocycles. The summed E-state index contributed by atoms with van der Waals surface area (Å²) in [6.07, 6.45) is 0.764. The number of carboxylic acids is 1. The maximum atomic E-state index is 9.00. The summed E-state index contributed by atoms with van der Waals surface area (Å²) >= 11 is 0. The summed E-state index contributed by atoms with van der Waals surface area (Å²) in [5.41, 5.74) is 2.47. The molecule has 0 spiro atoms. The predicted octanol–water partition coefficient (Wildman–Crippen LogP) is 1.62.